The van der Waals surface area contributed by atoms with E-state index in [9.17, 15) is 4.79 Å². The second kappa shape index (κ2) is 6.83. The lowest BCUT2D eigenvalue weighted by Crippen LogP contribution is -2.31. The van der Waals surface area contributed by atoms with Crippen molar-refractivity contribution in [2.45, 2.75) is 26.8 Å². The summed E-state index contributed by atoms with van der Waals surface area (Å²) in [6, 6.07) is 11.4. The van der Waals surface area contributed by atoms with Crippen LogP contribution in [0.2, 0.25) is 0 Å². The van der Waals surface area contributed by atoms with E-state index in [1.54, 1.807) is 0 Å². The monoisotopic (exact) mass is 327 g/mol. The molecule has 0 aliphatic carbocycles. The van der Waals surface area contributed by atoms with E-state index < -0.39 is 0 Å². The maximum atomic E-state index is 12.1. The lowest BCUT2D eigenvalue weighted by atomic mass is 10.1. The molecule has 1 aliphatic heterocycles. The summed E-state index contributed by atoms with van der Waals surface area (Å²) < 4.78 is 16.3. The van der Waals surface area contributed by atoms with E-state index in [1.165, 1.54) is 5.56 Å². The standard InChI is InChI=1S/C19H21NO4/c1-12-4-6-16(13(2)8-12)22-10-19(21)20-14(3)15-5-7-17-18(9-15)24-11-23-17/h4-9,14H,10-11H2,1-3H3,(H,20,21). The molecule has 3 rings (SSSR count). The van der Waals surface area contributed by atoms with Crippen molar-refractivity contribution in [2.24, 2.45) is 0 Å². The lowest BCUT2D eigenvalue weighted by Gasteiger charge is -2.16. The minimum atomic E-state index is -0.167. The van der Waals surface area contributed by atoms with Crippen molar-refractivity contribution in [3.63, 3.8) is 0 Å². The van der Waals surface area contributed by atoms with Crippen LogP contribution in [0.15, 0.2) is 36.4 Å². The Morgan fingerprint density at radius 1 is 1.17 bits per heavy atom. The molecule has 1 amide bonds. The molecule has 1 atom stereocenters. The van der Waals surface area contributed by atoms with Gasteiger partial charge in [0.2, 0.25) is 6.79 Å². The Morgan fingerprint density at radius 3 is 2.75 bits per heavy atom. The van der Waals surface area contributed by atoms with Gasteiger partial charge in [0.25, 0.3) is 5.91 Å². The predicted octanol–water partition coefficient (Wildman–Crippen LogP) is 3.29. The molecule has 0 fully saturated rings. The van der Waals surface area contributed by atoms with Crippen molar-refractivity contribution < 1.29 is 19.0 Å². The molecule has 0 aromatic heterocycles. The van der Waals surface area contributed by atoms with Crippen molar-refractivity contribution in [3.8, 4) is 17.2 Å². The van der Waals surface area contributed by atoms with Crippen molar-refractivity contribution in [1.82, 2.24) is 5.32 Å². The third-order valence-corrected chi connectivity index (χ3v) is 3.96. The highest BCUT2D eigenvalue weighted by Gasteiger charge is 2.17. The Bertz CT molecular complexity index is 757. The van der Waals surface area contributed by atoms with Gasteiger partial charge >= 0.3 is 0 Å². The van der Waals surface area contributed by atoms with Gasteiger partial charge in [-0.2, -0.15) is 0 Å². The van der Waals surface area contributed by atoms with Crippen LogP contribution in [0.1, 0.15) is 29.7 Å². The molecule has 1 aliphatic rings. The maximum Gasteiger partial charge on any atom is 0.258 e. The molecular formula is C19H21NO4. The second-order valence-corrected chi connectivity index (χ2v) is 5.96. The Hall–Kier alpha value is -2.69. The fourth-order valence-electron chi connectivity index (χ4n) is 2.65. The van der Waals surface area contributed by atoms with Gasteiger partial charge in [0.15, 0.2) is 18.1 Å². The third kappa shape index (κ3) is 3.62. The molecule has 1 heterocycles. The second-order valence-electron chi connectivity index (χ2n) is 5.96. The Kier molecular flexibility index (Phi) is 4.60. The zero-order valence-electron chi connectivity index (χ0n) is 14.1. The first-order valence-corrected chi connectivity index (χ1v) is 7.92. The van der Waals surface area contributed by atoms with E-state index in [1.807, 2.05) is 57.2 Å². The van der Waals surface area contributed by atoms with Crippen molar-refractivity contribution in [3.05, 3.63) is 53.1 Å². The number of hydrogen-bond acceptors (Lipinski definition) is 4. The predicted molar refractivity (Wildman–Crippen MR) is 90.5 cm³/mol. The highest BCUT2D eigenvalue weighted by molar-refractivity contribution is 5.78. The van der Waals surface area contributed by atoms with Crippen LogP contribution >= 0.6 is 0 Å². The SMILES string of the molecule is Cc1ccc(OCC(=O)NC(C)c2ccc3c(c2)OCO3)c(C)c1. The molecule has 2 aromatic carbocycles. The van der Waals surface area contributed by atoms with Crippen LogP contribution in [0.5, 0.6) is 17.2 Å². The maximum absolute atomic E-state index is 12.1. The lowest BCUT2D eigenvalue weighted by molar-refractivity contribution is -0.123. The first kappa shape index (κ1) is 16.2. The molecule has 5 heteroatoms. The molecule has 0 radical (unpaired) electrons. The van der Waals surface area contributed by atoms with E-state index in [0.717, 1.165) is 22.6 Å². The van der Waals surface area contributed by atoms with Crippen LogP contribution in [-0.4, -0.2) is 19.3 Å². The number of carbonyl (C=O) groups is 1. The van der Waals surface area contributed by atoms with E-state index in [0.29, 0.717) is 5.75 Å². The van der Waals surface area contributed by atoms with Gasteiger partial charge < -0.3 is 19.5 Å². The molecule has 0 bridgehead atoms. The molecule has 1 N–H and O–H groups in total. The number of amides is 1. The number of ether oxygens (including phenoxy) is 3. The summed E-state index contributed by atoms with van der Waals surface area (Å²) in [7, 11) is 0. The highest BCUT2D eigenvalue weighted by atomic mass is 16.7. The Morgan fingerprint density at radius 2 is 1.96 bits per heavy atom. The summed E-state index contributed by atoms with van der Waals surface area (Å²) in [5, 5.41) is 2.93. The average molecular weight is 327 g/mol. The van der Waals surface area contributed by atoms with E-state index in [4.69, 9.17) is 14.2 Å². The molecule has 2 aromatic rings. The molecule has 0 saturated heterocycles. The van der Waals surface area contributed by atoms with E-state index in [-0.39, 0.29) is 25.3 Å². The molecule has 0 spiro atoms. The average Bonchev–Trinajstić information content (AvgIpc) is 3.01. The number of benzene rings is 2. The first-order chi connectivity index (χ1) is 11.5. The normalized spacial score (nSPS) is 13.5. The van der Waals surface area contributed by atoms with E-state index >= 15 is 0 Å². The summed E-state index contributed by atoms with van der Waals surface area (Å²) >= 11 is 0. The van der Waals surface area contributed by atoms with Crippen LogP contribution in [-0.2, 0) is 4.79 Å². The number of rotatable bonds is 5. The molecule has 0 saturated carbocycles. The minimum Gasteiger partial charge on any atom is -0.484 e. The fraction of sp³-hybridized carbons (Fsp3) is 0.316. The van der Waals surface area contributed by atoms with E-state index in [2.05, 4.69) is 5.32 Å². The zero-order valence-corrected chi connectivity index (χ0v) is 14.1. The summed E-state index contributed by atoms with van der Waals surface area (Å²) in [6.07, 6.45) is 0. The van der Waals surface area contributed by atoms with Gasteiger partial charge in [-0.25, -0.2) is 0 Å². The van der Waals surface area contributed by atoms with Gasteiger partial charge in [-0.1, -0.05) is 23.8 Å². The summed E-state index contributed by atoms with van der Waals surface area (Å²) in [5.41, 5.74) is 3.14. The first-order valence-electron chi connectivity index (χ1n) is 7.92. The molecule has 24 heavy (non-hydrogen) atoms. The number of hydrogen-bond donors (Lipinski definition) is 1. The van der Waals surface area contributed by atoms with Crippen LogP contribution in [0.4, 0.5) is 0 Å². The quantitative estimate of drug-likeness (QED) is 0.915. The van der Waals surface area contributed by atoms with Crippen LogP contribution < -0.4 is 19.5 Å². The van der Waals surface area contributed by atoms with Crippen molar-refractivity contribution >= 4 is 5.91 Å². The Labute approximate surface area is 141 Å². The molecule has 5 nitrogen and oxygen atoms in total. The fourth-order valence-corrected chi connectivity index (χ4v) is 2.65. The zero-order chi connectivity index (χ0) is 17.1. The van der Waals surface area contributed by atoms with Gasteiger partial charge in [0, 0.05) is 0 Å². The van der Waals surface area contributed by atoms with Crippen molar-refractivity contribution in [2.75, 3.05) is 13.4 Å². The minimum absolute atomic E-state index is 0.0151. The van der Waals surface area contributed by atoms with Crippen LogP contribution in [0.25, 0.3) is 0 Å². The third-order valence-electron chi connectivity index (χ3n) is 3.96. The summed E-state index contributed by atoms with van der Waals surface area (Å²) in [6.45, 7) is 6.14. The van der Waals surface area contributed by atoms with Gasteiger partial charge in [0.1, 0.15) is 5.75 Å². The molecular weight excluding hydrogens is 306 g/mol. The topological polar surface area (TPSA) is 56.8 Å². The number of aryl methyl sites for hydroxylation is 2. The van der Waals surface area contributed by atoms with Crippen LogP contribution in [0, 0.1) is 13.8 Å². The summed E-state index contributed by atoms with van der Waals surface area (Å²) in [4.78, 5) is 12.1. The van der Waals surface area contributed by atoms with Gasteiger partial charge in [0.05, 0.1) is 6.04 Å². The molecule has 126 valence electrons. The summed E-state index contributed by atoms with van der Waals surface area (Å²) in [5.74, 6) is 2.00. The number of carbonyl (C=O) groups excluding carboxylic acids is 1. The van der Waals surface area contributed by atoms with Crippen LogP contribution in [0.3, 0.4) is 0 Å². The van der Waals surface area contributed by atoms with Crippen molar-refractivity contribution in [1.29, 1.82) is 0 Å². The number of nitrogens with one attached hydrogen (secondary N) is 1. The van der Waals surface area contributed by atoms with Gasteiger partial charge in [-0.3, -0.25) is 4.79 Å². The highest BCUT2D eigenvalue weighted by Crippen LogP contribution is 2.34. The largest absolute Gasteiger partial charge is 0.484 e. The van der Waals surface area contributed by atoms with Gasteiger partial charge in [-0.05, 0) is 50.1 Å². The Balaban J connectivity index is 1.56. The van der Waals surface area contributed by atoms with Gasteiger partial charge in [-0.15, -0.1) is 0 Å². The molecule has 1 unspecified atom stereocenters. The smallest absolute Gasteiger partial charge is 0.258 e. The number of fused-ring (bicyclic) bond motifs is 1.